The van der Waals surface area contributed by atoms with Gasteiger partial charge < -0.3 is 10.2 Å². The maximum atomic E-state index is 16.9. The molecule has 0 saturated heterocycles. The summed E-state index contributed by atoms with van der Waals surface area (Å²) in [6, 6.07) is 0. The second kappa shape index (κ2) is 5.72. The molecular weight excluding hydrogens is 366 g/mol. The Labute approximate surface area is 164 Å². The first kappa shape index (κ1) is 20.1. The number of hydrogen-bond donors (Lipinski definition) is 2. The van der Waals surface area contributed by atoms with Crippen molar-refractivity contribution in [2.24, 2.45) is 34.5 Å². The largest absolute Gasteiger partial charge is 0.364 e. The van der Waals surface area contributed by atoms with Gasteiger partial charge in [-0.15, -0.1) is 0 Å². The van der Waals surface area contributed by atoms with Gasteiger partial charge in [-0.05, 0) is 68.4 Å². The number of hydrogen-bond acceptors (Lipinski definition) is 4. The number of Topliss-reactive ketones (excluding diaryl/α,β-unsaturated/α-hetero) is 1. The first-order chi connectivity index (χ1) is 12.8. The van der Waals surface area contributed by atoms with Crippen molar-refractivity contribution in [3.63, 3.8) is 0 Å². The number of halogens is 2. The number of aliphatic hydroxyl groups is 2. The molecule has 28 heavy (non-hydrogen) atoms. The Morgan fingerprint density at radius 2 is 1.82 bits per heavy atom. The zero-order chi connectivity index (χ0) is 20.9. The van der Waals surface area contributed by atoms with Crippen LogP contribution in [0.25, 0.3) is 0 Å². The van der Waals surface area contributed by atoms with Crippen molar-refractivity contribution in [1.82, 2.24) is 0 Å². The molecule has 0 heterocycles. The summed E-state index contributed by atoms with van der Waals surface area (Å²) in [7, 11) is 0. The molecule has 6 heteroatoms. The molecule has 0 bridgehead atoms. The second-order valence-corrected chi connectivity index (χ2v) is 10.3. The quantitative estimate of drug-likeness (QED) is 0.667. The maximum absolute atomic E-state index is 16.9. The second-order valence-electron chi connectivity index (χ2n) is 10.3. The molecule has 0 amide bonds. The van der Waals surface area contributed by atoms with E-state index in [1.54, 1.807) is 6.92 Å². The molecule has 4 aliphatic rings. The van der Waals surface area contributed by atoms with Gasteiger partial charge in [-0.2, -0.15) is 0 Å². The lowest BCUT2D eigenvalue weighted by atomic mass is 9.43. The molecule has 156 valence electrons. The van der Waals surface area contributed by atoms with Crippen molar-refractivity contribution in [3.8, 4) is 0 Å². The molecule has 2 N–H and O–H groups in total. The summed E-state index contributed by atoms with van der Waals surface area (Å²) in [6.45, 7) is 6.96. The van der Waals surface area contributed by atoms with E-state index in [2.05, 4.69) is 0 Å². The number of alkyl halides is 2. The van der Waals surface area contributed by atoms with Crippen LogP contribution in [-0.4, -0.2) is 39.4 Å². The number of fused-ring (bicyclic) bond motifs is 5. The van der Waals surface area contributed by atoms with Crippen LogP contribution in [-0.2, 0) is 9.59 Å². The van der Waals surface area contributed by atoms with E-state index in [0.29, 0.717) is 12.8 Å². The predicted molar refractivity (Wildman–Crippen MR) is 98.6 cm³/mol. The Balaban J connectivity index is 1.86. The van der Waals surface area contributed by atoms with Crippen LogP contribution >= 0.6 is 0 Å². The monoisotopic (exact) mass is 396 g/mol. The highest BCUT2D eigenvalue weighted by atomic mass is 19.1. The molecule has 8 atom stereocenters. The van der Waals surface area contributed by atoms with E-state index in [-0.39, 0.29) is 42.0 Å². The highest BCUT2D eigenvalue weighted by Gasteiger charge is 2.75. The maximum Gasteiger partial charge on any atom is 0.182 e. The molecular formula is C22H30F2O4. The Bertz CT molecular complexity index is 776. The van der Waals surface area contributed by atoms with E-state index in [1.807, 2.05) is 13.8 Å². The van der Waals surface area contributed by atoms with Gasteiger partial charge in [0.1, 0.15) is 17.6 Å². The first-order valence-corrected chi connectivity index (χ1v) is 10.3. The minimum absolute atomic E-state index is 0.0266. The number of carbonyl (C=O) groups excluding carboxylic acids is 2. The lowest BCUT2D eigenvalue weighted by molar-refractivity contribution is -0.297. The van der Waals surface area contributed by atoms with Gasteiger partial charge in [0.05, 0.1) is 11.8 Å². The molecule has 3 fully saturated rings. The minimum atomic E-state index is -2.64. The smallest absolute Gasteiger partial charge is 0.182 e. The fourth-order valence-corrected chi connectivity index (χ4v) is 7.79. The van der Waals surface area contributed by atoms with Gasteiger partial charge in [0, 0.05) is 11.8 Å². The molecule has 0 aromatic rings. The van der Waals surface area contributed by atoms with Crippen LogP contribution in [0.4, 0.5) is 8.78 Å². The lowest BCUT2D eigenvalue weighted by Crippen LogP contribution is -2.70. The van der Waals surface area contributed by atoms with Crippen LogP contribution in [0, 0.1) is 34.5 Å². The average Bonchev–Trinajstić information content (AvgIpc) is 2.83. The SMILES string of the molecule is CC(=O)[C@H]1[C@H](C)C[C@H]2[C@@H]3C[C@H](F)C4=CC(=O)CC(O)(O)[C@]4(C)[C@@]3(F)CC[C@@]21C. The van der Waals surface area contributed by atoms with E-state index >= 15 is 8.78 Å². The van der Waals surface area contributed by atoms with Crippen LogP contribution in [0.2, 0.25) is 0 Å². The Morgan fingerprint density at radius 3 is 2.43 bits per heavy atom. The number of carbonyl (C=O) groups is 2. The summed E-state index contributed by atoms with van der Waals surface area (Å²) in [6.07, 6.45) is -0.137. The van der Waals surface area contributed by atoms with E-state index in [4.69, 9.17) is 0 Å². The molecule has 0 aromatic carbocycles. The van der Waals surface area contributed by atoms with Crippen molar-refractivity contribution in [3.05, 3.63) is 11.6 Å². The highest BCUT2D eigenvalue weighted by molar-refractivity contribution is 5.93. The zero-order valence-corrected chi connectivity index (χ0v) is 17.0. The Morgan fingerprint density at radius 1 is 1.18 bits per heavy atom. The summed E-state index contributed by atoms with van der Waals surface area (Å²) < 4.78 is 32.2. The van der Waals surface area contributed by atoms with Crippen LogP contribution in [0.5, 0.6) is 0 Å². The zero-order valence-electron chi connectivity index (χ0n) is 17.0. The van der Waals surface area contributed by atoms with Crippen molar-refractivity contribution in [2.75, 3.05) is 0 Å². The third-order valence-corrected chi connectivity index (χ3v) is 9.04. The van der Waals surface area contributed by atoms with E-state index in [1.165, 1.54) is 6.92 Å². The van der Waals surface area contributed by atoms with Gasteiger partial charge in [0.15, 0.2) is 11.6 Å². The molecule has 0 unspecified atom stereocenters. The normalized spacial score (nSPS) is 52.4. The fourth-order valence-electron chi connectivity index (χ4n) is 7.79. The Hall–Kier alpha value is -1.14. The summed E-state index contributed by atoms with van der Waals surface area (Å²) in [4.78, 5) is 24.3. The molecule has 0 aromatic heterocycles. The van der Waals surface area contributed by atoms with Crippen LogP contribution in [0.15, 0.2) is 11.6 Å². The van der Waals surface area contributed by atoms with Crippen molar-refractivity contribution in [1.29, 1.82) is 0 Å². The third-order valence-electron chi connectivity index (χ3n) is 9.04. The predicted octanol–water partition coefficient (Wildman–Crippen LogP) is 3.30. The fraction of sp³-hybridized carbons (Fsp3) is 0.818. The van der Waals surface area contributed by atoms with Gasteiger partial charge in [-0.25, -0.2) is 8.78 Å². The van der Waals surface area contributed by atoms with E-state index < -0.39 is 46.6 Å². The lowest BCUT2D eigenvalue weighted by Gasteiger charge is -2.64. The van der Waals surface area contributed by atoms with E-state index in [9.17, 15) is 19.8 Å². The molecule has 4 nitrogen and oxygen atoms in total. The molecule has 3 saturated carbocycles. The summed E-state index contributed by atoms with van der Waals surface area (Å²) in [5.74, 6) is -4.17. The average molecular weight is 396 g/mol. The van der Waals surface area contributed by atoms with Crippen molar-refractivity contribution in [2.45, 2.75) is 77.4 Å². The van der Waals surface area contributed by atoms with Gasteiger partial charge in [-0.3, -0.25) is 9.59 Å². The molecule has 0 radical (unpaired) electrons. The highest BCUT2D eigenvalue weighted by Crippen LogP contribution is 2.71. The standard InChI is InChI=1S/C22H30F2O4/c1-11-7-14-15-9-17(23)16-8-13(26)10-22(27,28)20(16,4)21(15,24)6-5-19(14,3)18(11)12(2)25/h8,11,14-15,17-18,27-28H,5-7,9-10H2,1-4H3/t11-,14+,15+,17+,18-,19+,20+,21-/m1/s1. The third kappa shape index (κ3) is 2.16. The van der Waals surface area contributed by atoms with Crippen molar-refractivity contribution < 1.29 is 28.6 Å². The first-order valence-electron chi connectivity index (χ1n) is 10.3. The number of rotatable bonds is 1. The molecule has 0 spiro atoms. The minimum Gasteiger partial charge on any atom is -0.364 e. The topological polar surface area (TPSA) is 74.6 Å². The van der Waals surface area contributed by atoms with Gasteiger partial charge in [0.25, 0.3) is 0 Å². The summed E-state index contributed by atoms with van der Waals surface area (Å²) in [5, 5.41) is 21.5. The summed E-state index contributed by atoms with van der Waals surface area (Å²) >= 11 is 0. The van der Waals surface area contributed by atoms with Crippen LogP contribution in [0.3, 0.4) is 0 Å². The summed E-state index contributed by atoms with van der Waals surface area (Å²) in [5.41, 5.74) is -4.46. The van der Waals surface area contributed by atoms with Gasteiger partial charge in [-0.1, -0.05) is 13.8 Å². The van der Waals surface area contributed by atoms with Crippen LogP contribution < -0.4 is 0 Å². The molecule has 4 rings (SSSR count). The molecule has 0 aliphatic heterocycles. The van der Waals surface area contributed by atoms with Gasteiger partial charge >= 0.3 is 0 Å². The molecule has 4 aliphatic carbocycles. The number of ketones is 2. The van der Waals surface area contributed by atoms with Crippen molar-refractivity contribution >= 4 is 11.6 Å². The van der Waals surface area contributed by atoms with Gasteiger partial charge in [0.2, 0.25) is 0 Å². The Kier molecular flexibility index (Phi) is 4.12. The van der Waals surface area contributed by atoms with Crippen LogP contribution in [0.1, 0.15) is 59.8 Å². The van der Waals surface area contributed by atoms with E-state index in [0.717, 1.165) is 6.08 Å².